The van der Waals surface area contributed by atoms with Gasteiger partial charge in [-0.25, -0.2) is 4.98 Å². The molecule has 0 aromatic carbocycles. The summed E-state index contributed by atoms with van der Waals surface area (Å²) < 4.78 is 37.8. The number of H-pyrrole nitrogens is 1. The van der Waals surface area contributed by atoms with E-state index in [1.165, 1.54) is 4.90 Å². The molecule has 0 bridgehead atoms. The normalized spacial score (nSPS) is 19.6. The summed E-state index contributed by atoms with van der Waals surface area (Å²) in [5.41, 5.74) is -1.34. The van der Waals surface area contributed by atoms with Crippen molar-refractivity contribution in [2.24, 2.45) is 5.41 Å². The molecular formula is C17H20ClF3N3O2+. The van der Waals surface area contributed by atoms with Gasteiger partial charge in [-0.1, -0.05) is 24.4 Å². The molecule has 9 heteroatoms. The van der Waals surface area contributed by atoms with E-state index >= 15 is 0 Å². The summed E-state index contributed by atoms with van der Waals surface area (Å²) in [5, 5.41) is 2.83. The van der Waals surface area contributed by atoms with Gasteiger partial charge in [-0.2, -0.15) is 13.2 Å². The number of amides is 2. The smallest absolute Gasteiger partial charge is 0.282 e. The maximum Gasteiger partial charge on any atom is 0.419 e. The Hall–Kier alpha value is -1.83. The zero-order valence-corrected chi connectivity index (χ0v) is 14.8. The van der Waals surface area contributed by atoms with Gasteiger partial charge in [-0.15, -0.1) is 0 Å². The summed E-state index contributed by atoms with van der Waals surface area (Å²) in [6, 6.07) is 0.845. The number of carbonyl (C=O) groups is 2. The SMILES string of the molecule is O=C1CC2(CCCC2)C(=O)N1CCCNc1[nH+]cc(C(F)(F)F)cc1Cl. The maximum absolute atomic E-state index is 12.6. The van der Waals surface area contributed by atoms with E-state index in [4.69, 9.17) is 11.6 Å². The lowest BCUT2D eigenvalue weighted by Gasteiger charge is -2.20. The van der Waals surface area contributed by atoms with E-state index in [1.807, 2.05) is 0 Å². The van der Waals surface area contributed by atoms with E-state index < -0.39 is 17.2 Å². The second kappa shape index (κ2) is 7.06. The molecule has 0 unspecified atom stereocenters. The number of nitrogens with one attached hydrogen (secondary N) is 2. The van der Waals surface area contributed by atoms with E-state index in [2.05, 4.69) is 10.3 Å². The van der Waals surface area contributed by atoms with Crippen LogP contribution >= 0.6 is 11.6 Å². The number of hydrogen-bond acceptors (Lipinski definition) is 3. The molecular weight excluding hydrogens is 371 g/mol. The average Bonchev–Trinajstić information content (AvgIpc) is 3.12. The number of pyridine rings is 1. The van der Waals surface area contributed by atoms with Crippen molar-refractivity contribution in [1.29, 1.82) is 0 Å². The number of likely N-dealkylation sites (tertiary alicyclic amines) is 1. The summed E-state index contributed by atoms with van der Waals surface area (Å²) in [5.74, 6) is 0.0705. The maximum atomic E-state index is 12.6. The van der Waals surface area contributed by atoms with Gasteiger partial charge in [-0.05, 0) is 18.9 Å². The third kappa shape index (κ3) is 3.65. The average molecular weight is 391 g/mol. The number of anilines is 1. The Morgan fingerprint density at radius 1 is 1.27 bits per heavy atom. The monoisotopic (exact) mass is 390 g/mol. The molecule has 1 saturated heterocycles. The van der Waals surface area contributed by atoms with Crippen LogP contribution < -0.4 is 10.3 Å². The number of halogens is 4. The van der Waals surface area contributed by atoms with Crippen molar-refractivity contribution in [1.82, 2.24) is 4.90 Å². The molecule has 5 nitrogen and oxygen atoms in total. The van der Waals surface area contributed by atoms with Crippen LogP contribution in [-0.2, 0) is 15.8 Å². The molecule has 1 aliphatic heterocycles. The highest BCUT2D eigenvalue weighted by Crippen LogP contribution is 2.46. The highest BCUT2D eigenvalue weighted by atomic mass is 35.5. The number of aromatic nitrogens is 1. The third-order valence-electron chi connectivity index (χ3n) is 5.13. The molecule has 2 fully saturated rings. The van der Waals surface area contributed by atoms with Gasteiger partial charge in [0.25, 0.3) is 5.82 Å². The van der Waals surface area contributed by atoms with E-state index in [0.29, 0.717) is 25.9 Å². The van der Waals surface area contributed by atoms with Crippen molar-refractivity contribution in [3.8, 4) is 0 Å². The second-order valence-electron chi connectivity index (χ2n) is 6.90. The number of aromatic amines is 1. The number of imide groups is 1. The molecule has 2 aliphatic rings. The zero-order valence-electron chi connectivity index (χ0n) is 14.1. The molecule has 2 heterocycles. The van der Waals surface area contributed by atoms with Crippen LogP contribution in [0.4, 0.5) is 19.0 Å². The summed E-state index contributed by atoms with van der Waals surface area (Å²) in [6.07, 6.45) is 0.686. The molecule has 142 valence electrons. The Bertz CT molecular complexity index is 718. The van der Waals surface area contributed by atoms with Crippen LogP contribution in [0.2, 0.25) is 5.02 Å². The van der Waals surface area contributed by atoms with Crippen molar-refractivity contribution in [2.75, 3.05) is 18.4 Å². The molecule has 2 N–H and O–H groups in total. The minimum absolute atomic E-state index is 0.0703. The predicted octanol–water partition coefficient (Wildman–Crippen LogP) is 3.29. The third-order valence-corrected chi connectivity index (χ3v) is 5.43. The lowest BCUT2D eigenvalue weighted by Crippen LogP contribution is -2.35. The van der Waals surface area contributed by atoms with Gasteiger partial charge < -0.3 is 0 Å². The lowest BCUT2D eigenvalue weighted by atomic mass is 9.84. The minimum atomic E-state index is -4.47. The molecule has 1 aromatic heterocycles. The van der Waals surface area contributed by atoms with Crippen LogP contribution in [-0.4, -0.2) is 29.8 Å². The molecule has 1 aliphatic carbocycles. The van der Waals surface area contributed by atoms with Crippen molar-refractivity contribution >= 4 is 29.2 Å². The van der Waals surface area contributed by atoms with Crippen LogP contribution in [0.15, 0.2) is 12.3 Å². The summed E-state index contributed by atoms with van der Waals surface area (Å²) in [7, 11) is 0. The molecule has 3 rings (SSSR count). The fourth-order valence-electron chi connectivity index (χ4n) is 3.75. The minimum Gasteiger partial charge on any atom is -0.282 e. The Morgan fingerprint density at radius 2 is 1.96 bits per heavy atom. The van der Waals surface area contributed by atoms with E-state index in [1.54, 1.807) is 0 Å². The number of carbonyl (C=O) groups excluding carboxylic acids is 2. The van der Waals surface area contributed by atoms with E-state index in [-0.39, 0.29) is 22.7 Å². The molecule has 1 spiro atoms. The number of hydrogen-bond donors (Lipinski definition) is 1. The molecule has 0 radical (unpaired) electrons. The van der Waals surface area contributed by atoms with Crippen molar-refractivity contribution in [3.63, 3.8) is 0 Å². The fraction of sp³-hybridized carbons (Fsp3) is 0.588. The topological polar surface area (TPSA) is 63.6 Å². The van der Waals surface area contributed by atoms with E-state index in [0.717, 1.165) is 37.9 Å². The van der Waals surface area contributed by atoms with Gasteiger partial charge in [0.05, 0.1) is 17.5 Å². The number of alkyl halides is 3. The summed E-state index contributed by atoms with van der Waals surface area (Å²) in [4.78, 5) is 28.5. The Labute approximate surface area is 153 Å². The first-order valence-corrected chi connectivity index (χ1v) is 8.98. The molecule has 1 saturated carbocycles. The van der Waals surface area contributed by atoms with Crippen LogP contribution in [0, 0.1) is 5.41 Å². The Balaban J connectivity index is 1.52. The summed E-state index contributed by atoms with van der Waals surface area (Å²) in [6.45, 7) is 0.663. The standard InChI is InChI=1S/C17H19ClF3N3O2/c18-12-8-11(17(19,20)21)10-23-14(12)22-6-3-7-24-13(25)9-16(15(24)26)4-1-2-5-16/h8,10H,1-7,9H2,(H,22,23)/p+1. The van der Waals surface area contributed by atoms with Gasteiger partial charge in [0, 0.05) is 19.4 Å². The Morgan fingerprint density at radius 3 is 2.58 bits per heavy atom. The van der Waals surface area contributed by atoms with Crippen molar-refractivity contribution < 1.29 is 27.7 Å². The predicted molar refractivity (Wildman–Crippen MR) is 88.4 cm³/mol. The van der Waals surface area contributed by atoms with Gasteiger partial charge in [-0.3, -0.25) is 19.8 Å². The largest absolute Gasteiger partial charge is 0.419 e. The highest BCUT2D eigenvalue weighted by Gasteiger charge is 2.52. The van der Waals surface area contributed by atoms with Crippen LogP contribution in [0.3, 0.4) is 0 Å². The second-order valence-corrected chi connectivity index (χ2v) is 7.31. The van der Waals surface area contributed by atoms with E-state index in [9.17, 15) is 22.8 Å². The Kier molecular flexibility index (Phi) is 5.14. The molecule has 2 amide bonds. The molecule has 0 atom stereocenters. The van der Waals surface area contributed by atoms with Gasteiger partial charge >= 0.3 is 6.18 Å². The molecule has 26 heavy (non-hydrogen) atoms. The lowest BCUT2D eigenvalue weighted by molar-refractivity contribution is -0.364. The quantitative estimate of drug-likeness (QED) is 0.619. The van der Waals surface area contributed by atoms with Crippen LogP contribution in [0.5, 0.6) is 0 Å². The summed E-state index contributed by atoms with van der Waals surface area (Å²) >= 11 is 5.86. The van der Waals surface area contributed by atoms with Gasteiger partial charge in [0.15, 0.2) is 0 Å². The van der Waals surface area contributed by atoms with Crippen molar-refractivity contribution in [2.45, 2.75) is 44.7 Å². The first-order chi connectivity index (χ1) is 12.2. The van der Waals surface area contributed by atoms with Crippen molar-refractivity contribution in [3.05, 3.63) is 22.8 Å². The number of nitrogens with zero attached hydrogens (tertiary/aromatic N) is 1. The zero-order chi connectivity index (χ0) is 18.9. The fourth-order valence-corrected chi connectivity index (χ4v) is 3.99. The molecule has 1 aromatic rings. The van der Waals surface area contributed by atoms with Gasteiger partial charge in [0.2, 0.25) is 11.8 Å². The highest BCUT2D eigenvalue weighted by molar-refractivity contribution is 6.32. The first-order valence-electron chi connectivity index (χ1n) is 8.60. The van der Waals surface area contributed by atoms with Crippen LogP contribution in [0.1, 0.15) is 44.1 Å². The van der Waals surface area contributed by atoms with Crippen LogP contribution in [0.25, 0.3) is 0 Å². The first kappa shape index (κ1) is 18.9. The number of rotatable bonds is 5. The van der Waals surface area contributed by atoms with Gasteiger partial charge in [0.1, 0.15) is 11.2 Å².